The molecule has 0 N–H and O–H groups in total. The number of hydrogen-bond donors (Lipinski definition) is 0. The lowest BCUT2D eigenvalue weighted by molar-refractivity contribution is -0.384. The minimum absolute atomic E-state index is 0.00307. The molecule has 1 amide bonds. The van der Waals surface area contributed by atoms with Crippen LogP contribution in [0.15, 0.2) is 54.6 Å². The van der Waals surface area contributed by atoms with E-state index < -0.39 is 4.92 Å². The van der Waals surface area contributed by atoms with Crippen LogP contribution in [0.2, 0.25) is 0 Å². The summed E-state index contributed by atoms with van der Waals surface area (Å²) in [6, 6.07) is 14.4. The molecule has 0 atom stereocenters. The second-order valence-corrected chi connectivity index (χ2v) is 6.65. The van der Waals surface area contributed by atoms with Crippen LogP contribution in [-0.4, -0.2) is 49.1 Å². The van der Waals surface area contributed by atoms with Gasteiger partial charge in [-0.1, -0.05) is 24.3 Å². The number of nitrogens with zero attached hydrogens (tertiary/aromatic N) is 3. The third-order valence-electron chi connectivity index (χ3n) is 4.61. The maximum absolute atomic E-state index is 12.3. The van der Waals surface area contributed by atoms with E-state index in [0.29, 0.717) is 12.1 Å². The summed E-state index contributed by atoms with van der Waals surface area (Å²) < 4.78 is 5.37. The smallest absolute Gasteiger partial charge is 0.270 e. The molecule has 0 spiro atoms. The lowest BCUT2D eigenvalue weighted by Gasteiger charge is -2.29. The Hall–Kier alpha value is -3.19. The Kier molecular flexibility index (Phi) is 6.39. The van der Waals surface area contributed by atoms with Crippen molar-refractivity contribution >= 4 is 23.4 Å². The number of nitro groups is 1. The summed E-state index contributed by atoms with van der Waals surface area (Å²) in [6.45, 7) is 3.76. The minimum Gasteiger partial charge on any atom is -0.378 e. The van der Waals surface area contributed by atoms with E-state index in [9.17, 15) is 14.9 Å². The van der Waals surface area contributed by atoms with Gasteiger partial charge in [0, 0.05) is 50.6 Å². The van der Waals surface area contributed by atoms with Crippen molar-refractivity contribution in [2.75, 3.05) is 38.3 Å². The summed E-state index contributed by atoms with van der Waals surface area (Å²) in [5.41, 5.74) is 2.82. The maximum atomic E-state index is 12.3. The second-order valence-electron chi connectivity index (χ2n) is 6.65. The van der Waals surface area contributed by atoms with Crippen molar-refractivity contribution in [2.24, 2.45) is 0 Å². The number of ether oxygens (including phenoxy) is 1. The van der Waals surface area contributed by atoms with E-state index in [1.165, 1.54) is 18.2 Å². The summed E-state index contributed by atoms with van der Waals surface area (Å²) in [6.07, 6.45) is 3.02. The number of anilines is 1. The van der Waals surface area contributed by atoms with Gasteiger partial charge in [-0.2, -0.15) is 0 Å². The molecule has 0 aromatic heterocycles. The minimum atomic E-state index is -0.453. The van der Waals surface area contributed by atoms with Gasteiger partial charge >= 0.3 is 0 Å². The van der Waals surface area contributed by atoms with Gasteiger partial charge < -0.3 is 14.5 Å². The Labute approximate surface area is 164 Å². The molecule has 0 bridgehead atoms. The fourth-order valence-corrected chi connectivity index (χ4v) is 3.02. The lowest BCUT2D eigenvalue weighted by atomic mass is 10.1. The monoisotopic (exact) mass is 381 g/mol. The first-order valence-corrected chi connectivity index (χ1v) is 9.12. The highest BCUT2D eigenvalue weighted by Crippen LogP contribution is 2.18. The molecular weight excluding hydrogens is 358 g/mol. The number of rotatable bonds is 6. The first-order chi connectivity index (χ1) is 13.5. The molecule has 7 nitrogen and oxygen atoms in total. The molecule has 1 aliphatic heterocycles. The van der Waals surface area contributed by atoms with Crippen molar-refractivity contribution in [1.29, 1.82) is 0 Å². The van der Waals surface area contributed by atoms with E-state index in [4.69, 9.17) is 4.74 Å². The SMILES string of the molecule is CN(Cc1ccc(N2CCOCC2)cc1)C(=O)/C=C/c1cccc([N+](=O)[O-])c1. The van der Waals surface area contributed by atoms with E-state index in [2.05, 4.69) is 17.0 Å². The molecule has 0 radical (unpaired) electrons. The number of non-ortho nitro benzene ring substituents is 1. The van der Waals surface area contributed by atoms with Crippen molar-refractivity contribution in [3.63, 3.8) is 0 Å². The van der Waals surface area contributed by atoms with Crippen LogP contribution >= 0.6 is 0 Å². The molecule has 1 fully saturated rings. The van der Waals surface area contributed by atoms with Gasteiger partial charge in [0.25, 0.3) is 5.69 Å². The van der Waals surface area contributed by atoms with E-state index >= 15 is 0 Å². The van der Waals surface area contributed by atoms with Crippen LogP contribution in [0.4, 0.5) is 11.4 Å². The molecule has 1 saturated heterocycles. The number of amides is 1. The Morgan fingerprint density at radius 3 is 2.61 bits per heavy atom. The third kappa shape index (κ3) is 5.17. The lowest BCUT2D eigenvalue weighted by Crippen LogP contribution is -2.36. The number of benzene rings is 2. The molecule has 146 valence electrons. The van der Waals surface area contributed by atoms with Gasteiger partial charge in [-0.05, 0) is 29.3 Å². The first-order valence-electron chi connectivity index (χ1n) is 9.12. The van der Waals surface area contributed by atoms with E-state index in [1.807, 2.05) is 12.1 Å². The van der Waals surface area contributed by atoms with Gasteiger partial charge in [0.05, 0.1) is 18.1 Å². The molecule has 1 aliphatic rings. The highest BCUT2D eigenvalue weighted by Gasteiger charge is 2.12. The summed E-state index contributed by atoms with van der Waals surface area (Å²) in [7, 11) is 1.73. The van der Waals surface area contributed by atoms with E-state index in [1.54, 1.807) is 30.2 Å². The van der Waals surface area contributed by atoms with Crippen molar-refractivity contribution in [1.82, 2.24) is 4.90 Å². The highest BCUT2D eigenvalue weighted by atomic mass is 16.6. The molecule has 28 heavy (non-hydrogen) atoms. The van der Waals surface area contributed by atoms with Crippen LogP contribution < -0.4 is 4.90 Å². The zero-order chi connectivity index (χ0) is 19.9. The number of morpholine rings is 1. The molecule has 0 unspecified atom stereocenters. The van der Waals surface area contributed by atoms with Crippen LogP contribution in [0.25, 0.3) is 6.08 Å². The molecule has 2 aromatic rings. The third-order valence-corrected chi connectivity index (χ3v) is 4.61. The van der Waals surface area contributed by atoms with Crippen LogP contribution in [-0.2, 0) is 16.1 Å². The fourth-order valence-electron chi connectivity index (χ4n) is 3.02. The molecule has 7 heteroatoms. The van der Waals surface area contributed by atoms with E-state index in [0.717, 1.165) is 37.6 Å². The van der Waals surface area contributed by atoms with Crippen molar-refractivity contribution < 1.29 is 14.5 Å². The van der Waals surface area contributed by atoms with E-state index in [-0.39, 0.29) is 11.6 Å². The molecule has 3 rings (SSSR count). The Balaban J connectivity index is 1.57. The summed E-state index contributed by atoms with van der Waals surface area (Å²) in [5, 5.41) is 10.8. The molecular formula is C21H23N3O4. The molecule has 2 aromatic carbocycles. The Bertz CT molecular complexity index is 858. The van der Waals surface area contributed by atoms with Crippen molar-refractivity contribution in [3.8, 4) is 0 Å². The van der Waals surface area contributed by atoms with Crippen LogP contribution in [0.1, 0.15) is 11.1 Å². The quantitative estimate of drug-likeness (QED) is 0.437. The topological polar surface area (TPSA) is 75.9 Å². The number of likely N-dealkylation sites (N-methyl/N-ethyl adjacent to an activating group) is 1. The summed E-state index contributed by atoms with van der Waals surface area (Å²) >= 11 is 0. The normalized spacial score (nSPS) is 14.2. The predicted molar refractivity (Wildman–Crippen MR) is 108 cm³/mol. The standard InChI is InChI=1S/C21H23N3O4/c1-22(21(25)10-7-17-3-2-4-20(15-17)24(26)27)16-18-5-8-19(9-6-18)23-11-13-28-14-12-23/h2-10,15H,11-14,16H2,1H3/b10-7+. The van der Waals surface area contributed by atoms with Gasteiger partial charge in [0.2, 0.25) is 5.91 Å². The van der Waals surface area contributed by atoms with Gasteiger partial charge in [-0.3, -0.25) is 14.9 Å². The molecule has 1 heterocycles. The van der Waals surface area contributed by atoms with Crippen LogP contribution in [0.3, 0.4) is 0 Å². The highest BCUT2D eigenvalue weighted by molar-refractivity contribution is 5.91. The maximum Gasteiger partial charge on any atom is 0.270 e. The first kappa shape index (κ1) is 19.6. The zero-order valence-electron chi connectivity index (χ0n) is 15.8. The van der Waals surface area contributed by atoms with Crippen molar-refractivity contribution in [3.05, 3.63) is 75.8 Å². The molecule has 0 aliphatic carbocycles. The van der Waals surface area contributed by atoms with Crippen LogP contribution in [0.5, 0.6) is 0 Å². The number of carbonyl (C=O) groups is 1. The van der Waals surface area contributed by atoms with Crippen molar-refractivity contribution in [2.45, 2.75) is 6.54 Å². The average Bonchev–Trinajstić information content (AvgIpc) is 2.73. The zero-order valence-corrected chi connectivity index (χ0v) is 15.8. The largest absolute Gasteiger partial charge is 0.378 e. The van der Waals surface area contributed by atoms with Gasteiger partial charge in [-0.15, -0.1) is 0 Å². The van der Waals surface area contributed by atoms with Gasteiger partial charge in [-0.25, -0.2) is 0 Å². The Morgan fingerprint density at radius 2 is 1.93 bits per heavy atom. The summed E-state index contributed by atoms with van der Waals surface area (Å²) in [5.74, 6) is -0.163. The fraction of sp³-hybridized carbons (Fsp3) is 0.286. The predicted octanol–water partition coefficient (Wildman–Crippen LogP) is 3.10. The second kappa shape index (κ2) is 9.14. The average molecular weight is 381 g/mol. The Morgan fingerprint density at radius 1 is 1.21 bits per heavy atom. The van der Waals surface area contributed by atoms with Gasteiger partial charge in [0.15, 0.2) is 0 Å². The van der Waals surface area contributed by atoms with Gasteiger partial charge in [0.1, 0.15) is 0 Å². The van der Waals surface area contributed by atoms with Crippen LogP contribution in [0, 0.1) is 10.1 Å². The number of carbonyl (C=O) groups excluding carboxylic acids is 1. The summed E-state index contributed by atoms with van der Waals surface area (Å²) in [4.78, 5) is 26.6. The number of nitro benzene ring substituents is 1. The number of hydrogen-bond acceptors (Lipinski definition) is 5. The molecule has 0 saturated carbocycles.